The van der Waals surface area contributed by atoms with Crippen molar-refractivity contribution in [3.05, 3.63) is 95.6 Å². The number of aromatic carboxylic acids is 1. The van der Waals surface area contributed by atoms with Crippen LogP contribution in [0.15, 0.2) is 78.9 Å². The fourth-order valence-corrected chi connectivity index (χ4v) is 2.45. The molecule has 0 aliphatic rings. The summed E-state index contributed by atoms with van der Waals surface area (Å²) in [6, 6.07) is 24.6. The molecule has 0 fully saturated rings. The normalized spacial score (nSPS) is 10.2. The molecule has 25 heavy (non-hydrogen) atoms. The lowest BCUT2D eigenvalue weighted by atomic mass is 10.1. The summed E-state index contributed by atoms with van der Waals surface area (Å²) in [6.07, 6.45) is 0. The lowest BCUT2D eigenvalue weighted by molar-refractivity contribution is 0.0697. The zero-order chi connectivity index (χ0) is 17.5. The monoisotopic (exact) mass is 333 g/mol. The van der Waals surface area contributed by atoms with Crippen molar-refractivity contribution in [1.29, 1.82) is 0 Å². The number of hydrogen-bond donors (Lipinski definition) is 2. The fraction of sp³-hybridized carbons (Fsp3) is 0.0952. The van der Waals surface area contributed by atoms with Crippen molar-refractivity contribution in [1.82, 2.24) is 0 Å². The standard InChI is InChI=1S/C21H19NO3/c23-21(24)17-10-12-19(13-11-17)22-14-18-8-4-5-9-20(18)25-15-16-6-2-1-3-7-16/h1-13,22H,14-15H2,(H,23,24). The van der Waals surface area contributed by atoms with E-state index in [1.807, 2.05) is 54.6 Å². The first kappa shape index (κ1) is 16.6. The molecule has 0 saturated carbocycles. The third-order valence-corrected chi connectivity index (χ3v) is 3.82. The molecule has 4 nitrogen and oxygen atoms in total. The van der Waals surface area contributed by atoms with Gasteiger partial charge in [-0.2, -0.15) is 0 Å². The van der Waals surface area contributed by atoms with Crippen LogP contribution < -0.4 is 10.1 Å². The van der Waals surface area contributed by atoms with Crippen LogP contribution in [-0.4, -0.2) is 11.1 Å². The van der Waals surface area contributed by atoms with Crippen molar-refractivity contribution < 1.29 is 14.6 Å². The summed E-state index contributed by atoms with van der Waals surface area (Å²) in [5.74, 6) is -0.0905. The number of carboxylic acids is 1. The van der Waals surface area contributed by atoms with Crippen LogP contribution in [-0.2, 0) is 13.2 Å². The van der Waals surface area contributed by atoms with E-state index in [2.05, 4.69) is 5.32 Å². The number of ether oxygens (including phenoxy) is 1. The molecule has 0 aliphatic carbocycles. The topological polar surface area (TPSA) is 58.6 Å². The molecule has 3 aromatic carbocycles. The average molecular weight is 333 g/mol. The second kappa shape index (κ2) is 8.02. The van der Waals surface area contributed by atoms with E-state index in [9.17, 15) is 4.79 Å². The number of hydrogen-bond acceptors (Lipinski definition) is 3. The van der Waals surface area contributed by atoms with Crippen molar-refractivity contribution >= 4 is 11.7 Å². The van der Waals surface area contributed by atoms with Crippen LogP contribution in [0.5, 0.6) is 5.75 Å². The Morgan fingerprint density at radius 2 is 1.56 bits per heavy atom. The maximum absolute atomic E-state index is 10.9. The van der Waals surface area contributed by atoms with Crippen molar-refractivity contribution in [2.24, 2.45) is 0 Å². The number of anilines is 1. The highest BCUT2D eigenvalue weighted by atomic mass is 16.5. The van der Waals surface area contributed by atoms with E-state index in [0.717, 1.165) is 22.6 Å². The van der Waals surface area contributed by atoms with Crippen LogP contribution in [0, 0.1) is 0 Å². The van der Waals surface area contributed by atoms with Gasteiger partial charge in [-0.15, -0.1) is 0 Å². The molecule has 126 valence electrons. The number of carboxylic acid groups (broad SMARTS) is 1. The number of rotatable bonds is 7. The first-order valence-corrected chi connectivity index (χ1v) is 8.04. The minimum atomic E-state index is -0.925. The van der Waals surface area contributed by atoms with Crippen LogP contribution >= 0.6 is 0 Å². The number of para-hydroxylation sites is 1. The molecule has 3 aromatic rings. The van der Waals surface area contributed by atoms with Crippen molar-refractivity contribution in [3.63, 3.8) is 0 Å². The first-order valence-electron chi connectivity index (χ1n) is 8.04. The summed E-state index contributed by atoms with van der Waals surface area (Å²) < 4.78 is 5.94. The van der Waals surface area contributed by atoms with Gasteiger partial charge in [-0.1, -0.05) is 48.5 Å². The summed E-state index contributed by atoms with van der Waals surface area (Å²) in [5, 5.41) is 12.2. The molecular formula is C21H19NO3. The van der Waals surface area contributed by atoms with Crippen LogP contribution in [0.25, 0.3) is 0 Å². The van der Waals surface area contributed by atoms with Crippen LogP contribution in [0.2, 0.25) is 0 Å². The minimum absolute atomic E-state index is 0.275. The molecule has 3 rings (SSSR count). The molecule has 0 saturated heterocycles. The van der Waals surface area contributed by atoms with E-state index in [4.69, 9.17) is 9.84 Å². The van der Waals surface area contributed by atoms with Crippen LogP contribution in [0.3, 0.4) is 0 Å². The maximum Gasteiger partial charge on any atom is 0.335 e. The van der Waals surface area contributed by atoms with Gasteiger partial charge in [0.1, 0.15) is 12.4 Å². The molecule has 0 heterocycles. The third-order valence-electron chi connectivity index (χ3n) is 3.82. The van der Waals surface area contributed by atoms with Gasteiger partial charge in [0.05, 0.1) is 5.56 Å². The molecule has 0 radical (unpaired) electrons. The zero-order valence-corrected chi connectivity index (χ0v) is 13.7. The fourth-order valence-electron chi connectivity index (χ4n) is 2.45. The molecule has 0 bridgehead atoms. The first-order chi connectivity index (χ1) is 12.2. The summed E-state index contributed by atoms with van der Waals surface area (Å²) in [6.45, 7) is 1.11. The number of benzene rings is 3. The Balaban J connectivity index is 1.63. The van der Waals surface area contributed by atoms with Crippen molar-refractivity contribution in [3.8, 4) is 5.75 Å². The molecule has 0 aliphatic heterocycles. The molecule has 0 amide bonds. The van der Waals surface area contributed by atoms with E-state index in [0.29, 0.717) is 13.2 Å². The Kier molecular flexibility index (Phi) is 5.32. The third kappa shape index (κ3) is 4.61. The zero-order valence-electron chi connectivity index (χ0n) is 13.7. The Bertz CT molecular complexity index is 829. The molecule has 0 spiro atoms. The van der Waals surface area contributed by atoms with Crippen molar-refractivity contribution in [2.75, 3.05) is 5.32 Å². The highest BCUT2D eigenvalue weighted by Gasteiger charge is 2.05. The summed E-state index contributed by atoms with van der Waals surface area (Å²) >= 11 is 0. The molecule has 0 atom stereocenters. The predicted octanol–water partition coefficient (Wildman–Crippen LogP) is 4.58. The Hall–Kier alpha value is -3.27. The highest BCUT2D eigenvalue weighted by Crippen LogP contribution is 2.21. The smallest absolute Gasteiger partial charge is 0.335 e. The minimum Gasteiger partial charge on any atom is -0.489 e. The van der Waals surface area contributed by atoms with Gasteiger partial charge in [0, 0.05) is 17.8 Å². The van der Waals surface area contributed by atoms with Crippen LogP contribution in [0.1, 0.15) is 21.5 Å². The number of carbonyl (C=O) groups is 1. The van der Waals surface area contributed by atoms with Crippen LogP contribution in [0.4, 0.5) is 5.69 Å². The largest absolute Gasteiger partial charge is 0.489 e. The molecule has 2 N–H and O–H groups in total. The van der Waals surface area contributed by atoms with E-state index in [-0.39, 0.29) is 5.56 Å². The summed E-state index contributed by atoms with van der Waals surface area (Å²) in [7, 11) is 0. The van der Waals surface area contributed by atoms with Gasteiger partial charge in [0.25, 0.3) is 0 Å². The van der Waals surface area contributed by atoms with E-state index < -0.39 is 5.97 Å². The van der Waals surface area contributed by atoms with Gasteiger partial charge in [0.15, 0.2) is 0 Å². The Morgan fingerprint density at radius 1 is 0.880 bits per heavy atom. The lowest BCUT2D eigenvalue weighted by Gasteiger charge is -2.13. The van der Waals surface area contributed by atoms with Gasteiger partial charge >= 0.3 is 5.97 Å². The SMILES string of the molecule is O=C(O)c1ccc(NCc2ccccc2OCc2ccccc2)cc1. The van der Waals surface area contributed by atoms with E-state index in [1.165, 1.54) is 0 Å². The van der Waals surface area contributed by atoms with Gasteiger partial charge < -0.3 is 15.2 Å². The molecule has 0 aromatic heterocycles. The van der Waals surface area contributed by atoms with Gasteiger partial charge in [-0.25, -0.2) is 4.79 Å². The summed E-state index contributed by atoms with van der Waals surface area (Å²) in [4.78, 5) is 10.9. The Morgan fingerprint density at radius 3 is 2.28 bits per heavy atom. The quantitative estimate of drug-likeness (QED) is 0.665. The van der Waals surface area contributed by atoms with Gasteiger partial charge in [-0.05, 0) is 35.9 Å². The van der Waals surface area contributed by atoms with Crippen molar-refractivity contribution in [2.45, 2.75) is 13.2 Å². The highest BCUT2D eigenvalue weighted by molar-refractivity contribution is 5.87. The second-order valence-electron chi connectivity index (χ2n) is 5.62. The second-order valence-corrected chi connectivity index (χ2v) is 5.62. The average Bonchev–Trinajstić information content (AvgIpc) is 2.66. The summed E-state index contributed by atoms with van der Waals surface area (Å²) in [5.41, 5.74) is 3.30. The number of nitrogens with one attached hydrogen (secondary N) is 1. The maximum atomic E-state index is 10.9. The molecule has 4 heteroatoms. The Labute approximate surface area is 146 Å². The van der Waals surface area contributed by atoms with Gasteiger partial charge in [0.2, 0.25) is 0 Å². The lowest BCUT2D eigenvalue weighted by Crippen LogP contribution is -2.04. The predicted molar refractivity (Wildman–Crippen MR) is 97.9 cm³/mol. The molecular weight excluding hydrogens is 314 g/mol. The van der Waals surface area contributed by atoms with E-state index in [1.54, 1.807) is 24.3 Å². The molecule has 0 unspecified atom stereocenters. The van der Waals surface area contributed by atoms with E-state index >= 15 is 0 Å². The van der Waals surface area contributed by atoms with Gasteiger partial charge in [-0.3, -0.25) is 0 Å².